The number of hydrogen-bond donors (Lipinski definition) is 1. The van der Waals surface area contributed by atoms with Crippen LogP contribution in [0.15, 0.2) is 24.3 Å². The van der Waals surface area contributed by atoms with E-state index in [2.05, 4.69) is 0 Å². The Morgan fingerprint density at radius 3 is 2.90 bits per heavy atom. The maximum atomic E-state index is 11.0. The lowest BCUT2D eigenvalue weighted by Gasteiger charge is -2.24. The van der Waals surface area contributed by atoms with E-state index in [1.807, 2.05) is 16.8 Å². The molecule has 7 nitrogen and oxygen atoms in total. The number of nitrogens with zero attached hydrogens (tertiary/aromatic N) is 3. The highest BCUT2D eigenvalue weighted by Crippen LogP contribution is 2.31. The Morgan fingerprint density at radius 1 is 1.55 bits per heavy atom. The first-order chi connectivity index (χ1) is 9.49. The summed E-state index contributed by atoms with van der Waals surface area (Å²) < 4.78 is 0. The minimum absolute atomic E-state index is 0.116. The van der Waals surface area contributed by atoms with Gasteiger partial charge in [0.25, 0.3) is 5.69 Å². The lowest BCUT2D eigenvalue weighted by Crippen LogP contribution is -2.40. The Balaban J connectivity index is 2.10. The highest BCUT2D eigenvalue weighted by molar-refractivity contribution is 5.76. The summed E-state index contributed by atoms with van der Waals surface area (Å²) in [5.74, 6) is -0.364. The highest BCUT2D eigenvalue weighted by Gasteiger charge is 2.29. The van der Waals surface area contributed by atoms with Gasteiger partial charge in [0.15, 0.2) is 0 Å². The second kappa shape index (κ2) is 5.87. The first kappa shape index (κ1) is 14.3. The summed E-state index contributed by atoms with van der Waals surface area (Å²) in [7, 11) is 1.85. The van der Waals surface area contributed by atoms with Crippen molar-refractivity contribution in [3.63, 3.8) is 0 Å². The Morgan fingerprint density at radius 2 is 2.25 bits per heavy atom. The molecule has 1 aromatic rings. The molecule has 7 heteroatoms. The summed E-state index contributed by atoms with van der Waals surface area (Å²) >= 11 is 0. The van der Waals surface area contributed by atoms with Gasteiger partial charge in [-0.1, -0.05) is 12.1 Å². The molecule has 1 heterocycles. The van der Waals surface area contributed by atoms with Crippen LogP contribution in [0.1, 0.15) is 6.42 Å². The molecule has 108 valence electrons. The number of carbonyl (C=O) groups is 1. The molecule has 1 saturated heterocycles. The lowest BCUT2D eigenvalue weighted by atomic mass is 10.2. The second-order valence-corrected chi connectivity index (χ2v) is 5.02. The molecule has 2 rings (SSSR count). The van der Waals surface area contributed by atoms with Gasteiger partial charge in [-0.25, -0.2) is 0 Å². The van der Waals surface area contributed by atoms with E-state index in [9.17, 15) is 14.9 Å². The van der Waals surface area contributed by atoms with Crippen LogP contribution in [0.25, 0.3) is 0 Å². The number of amides is 1. The van der Waals surface area contributed by atoms with E-state index in [4.69, 9.17) is 5.73 Å². The van der Waals surface area contributed by atoms with Crippen LogP contribution < -0.4 is 10.6 Å². The molecule has 0 bridgehead atoms. The smallest absolute Gasteiger partial charge is 0.292 e. The third-order valence-corrected chi connectivity index (χ3v) is 3.61. The number of para-hydroxylation sites is 2. The van der Waals surface area contributed by atoms with E-state index in [1.54, 1.807) is 18.2 Å². The van der Waals surface area contributed by atoms with Crippen LogP contribution in [-0.2, 0) is 4.79 Å². The van der Waals surface area contributed by atoms with Crippen LogP contribution in [0.5, 0.6) is 0 Å². The molecule has 0 spiro atoms. The molecular formula is C13H18N4O3. The monoisotopic (exact) mass is 278 g/mol. The van der Waals surface area contributed by atoms with Crippen molar-refractivity contribution in [3.05, 3.63) is 34.4 Å². The van der Waals surface area contributed by atoms with E-state index in [0.29, 0.717) is 12.2 Å². The van der Waals surface area contributed by atoms with Gasteiger partial charge >= 0.3 is 0 Å². The highest BCUT2D eigenvalue weighted by atomic mass is 16.6. The zero-order valence-corrected chi connectivity index (χ0v) is 11.4. The van der Waals surface area contributed by atoms with Gasteiger partial charge < -0.3 is 10.6 Å². The fraction of sp³-hybridized carbons (Fsp3) is 0.462. The van der Waals surface area contributed by atoms with E-state index in [1.165, 1.54) is 6.07 Å². The van der Waals surface area contributed by atoms with Gasteiger partial charge in [-0.15, -0.1) is 0 Å². The standard InChI is InChI=1S/C13H18N4O3/c1-15(9-13(14)18)10-6-7-16(8-10)11-4-2-3-5-12(11)17(19)20/h2-5,10H,6-9H2,1H3,(H2,14,18). The van der Waals surface area contributed by atoms with Gasteiger partial charge in [0.1, 0.15) is 5.69 Å². The van der Waals surface area contributed by atoms with Gasteiger partial charge in [-0.2, -0.15) is 0 Å². The van der Waals surface area contributed by atoms with Crippen LogP contribution >= 0.6 is 0 Å². The molecule has 0 saturated carbocycles. The molecule has 0 aliphatic carbocycles. The van der Waals surface area contributed by atoms with Crippen LogP contribution in [0.2, 0.25) is 0 Å². The number of nitro benzene ring substituents is 1. The Labute approximate surface area is 117 Å². The summed E-state index contributed by atoms with van der Waals surface area (Å²) in [6.07, 6.45) is 0.857. The van der Waals surface area contributed by atoms with Gasteiger partial charge in [-0.3, -0.25) is 19.8 Å². The number of anilines is 1. The number of primary amides is 1. The predicted molar refractivity (Wildman–Crippen MR) is 75.5 cm³/mol. The molecule has 20 heavy (non-hydrogen) atoms. The molecule has 1 aliphatic heterocycles. The SMILES string of the molecule is CN(CC(N)=O)C1CCN(c2ccccc2[N+](=O)[O-])C1. The van der Waals surface area contributed by atoms with Crippen molar-refractivity contribution in [2.24, 2.45) is 5.73 Å². The molecule has 1 aromatic carbocycles. The minimum atomic E-state index is -0.365. The first-order valence-electron chi connectivity index (χ1n) is 6.46. The van der Waals surface area contributed by atoms with E-state index in [0.717, 1.165) is 13.0 Å². The molecule has 1 aliphatic rings. The topological polar surface area (TPSA) is 92.7 Å². The molecule has 2 N–H and O–H groups in total. The van der Waals surface area contributed by atoms with Crippen molar-refractivity contribution in [2.75, 3.05) is 31.6 Å². The fourth-order valence-electron chi connectivity index (χ4n) is 2.58. The molecule has 1 atom stereocenters. The van der Waals surface area contributed by atoms with Gasteiger partial charge in [0, 0.05) is 25.2 Å². The summed E-state index contributed by atoms with van der Waals surface area (Å²) in [6, 6.07) is 6.91. The van der Waals surface area contributed by atoms with Gasteiger partial charge in [-0.05, 0) is 19.5 Å². The summed E-state index contributed by atoms with van der Waals surface area (Å²) in [6.45, 7) is 1.60. The van der Waals surface area contributed by atoms with Crippen molar-refractivity contribution >= 4 is 17.3 Å². The maximum absolute atomic E-state index is 11.0. The van der Waals surface area contributed by atoms with Crippen molar-refractivity contribution in [2.45, 2.75) is 12.5 Å². The van der Waals surface area contributed by atoms with Crippen LogP contribution in [0.4, 0.5) is 11.4 Å². The van der Waals surface area contributed by atoms with Gasteiger partial charge in [0.2, 0.25) is 5.91 Å². The van der Waals surface area contributed by atoms with Crippen LogP contribution in [0, 0.1) is 10.1 Å². The van der Waals surface area contributed by atoms with E-state index < -0.39 is 0 Å². The zero-order chi connectivity index (χ0) is 14.7. The first-order valence-corrected chi connectivity index (χ1v) is 6.46. The minimum Gasteiger partial charge on any atom is -0.369 e. The van der Waals surface area contributed by atoms with Crippen LogP contribution in [-0.4, -0.2) is 48.5 Å². The maximum Gasteiger partial charge on any atom is 0.292 e. The molecule has 1 unspecified atom stereocenters. The molecular weight excluding hydrogens is 260 g/mol. The zero-order valence-electron chi connectivity index (χ0n) is 11.4. The number of nitrogens with two attached hydrogens (primary N) is 1. The average Bonchev–Trinajstić information content (AvgIpc) is 2.87. The average molecular weight is 278 g/mol. The number of nitro groups is 1. The van der Waals surface area contributed by atoms with Crippen molar-refractivity contribution in [1.82, 2.24) is 4.90 Å². The van der Waals surface area contributed by atoms with Crippen LogP contribution in [0.3, 0.4) is 0 Å². The second-order valence-electron chi connectivity index (χ2n) is 5.02. The molecule has 0 radical (unpaired) electrons. The summed E-state index contributed by atoms with van der Waals surface area (Å²) in [4.78, 5) is 25.5. The molecule has 0 aromatic heterocycles. The number of benzene rings is 1. The van der Waals surface area contributed by atoms with Crippen molar-refractivity contribution < 1.29 is 9.72 Å². The Bertz CT molecular complexity index is 520. The lowest BCUT2D eigenvalue weighted by molar-refractivity contribution is -0.384. The number of likely N-dealkylation sites (N-methyl/N-ethyl adjacent to an activating group) is 1. The summed E-state index contributed by atoms with van der Waals surface area (Å²) in [5.41, 5.74) is 5.94. The largest absolute Gasteiger partial charge is 0.369 e. The van der Waals surface area contributed by atoms with Crippen molar-refractivity contribution in [3.8, 4) is 0 Å². The van der Waals surface area contributed by atoms with Crippen molar-refractivity contribution in [1.29, 1.82) is 0 Å². The van der Waals surface area contributed by atoms with Gasteiger partial charge in [0.05, 0.1) is 11.5 Å². The molecule has 1 amide bonds. The number of hydrogen-bond acceptors (Lipinski definition) is 5. The normalized spacial score (nSPS) is 18.5. The predicted octanol–water partition coefficient (Wildman–Crippen LogP) is 0.591. The number of carbonyl (C=O) groups excluding carboxylic acids is 1. The molecule has 1 fully saturated rings. The van der Waals surface area contributed by atoms with E-state index >= 15 is 0 Å². The third kappa shape index (κ3) is 3.05. The summed E-state index contributed by atoms with van der Waals surface area (Å²) in [5, 5.41) is 11.0. The fourth-order valence-corrected chi connectivity index (χ4v) is 2.58. The van der Waals surface area contributed by atoms with E-state index in [-0.39, 0.29) is 29.1 Å². The quantitative estimate of drug-likeness (QED) is 0.628. The number of rotatable bonds is 5. The Kier molecular flexibility index (Phi) is 4.19. The Hall–Kier alpha value is -2.15. The third-order valence-electron chi connectivity index (χ3n) is 3.61.